The molecule has 0 bridgehead atoms. The van der Waals surface area contributed by atoms with E-state index in [9.17, 15) is 17.7 Å². The highest BCUT2D eigenvalue weighted by Crippen LogP contribution is 2.38. The van der Waals surface area contributed by atoms with E-state index in [1.807, 2.05) is 0 Å². The fraction of sp³-hybridized carbons (Fsp3) is 0.100. The molecule has 0 radical (unpaired) electrons. The second kappa shape index (κ2) is 6.55. The Balaban J connectivity index is 2.75. The Bertz CT molecular complexity index is 677. The summed E-state index contributed by atoms with van der Waals surface area (Å²) in [5, 5.41) is -1.13. The standard InChI is InChI=1S/C10H3BrCl3F3N2OS/c11-7-8(14)18-10(21(20)9(16)17)19(7)6-4(12)1-3(15)2-5(6)13/h1-2,9H. The van der Waals surface area contributed by atoms with Gasteiger partial charge in [0.05, 0.1) is 26.9 Å². The van der Waals surface area contributed by atoms with Gasteiger partial charge in [0.25, 0.3) is 0 Å². The maximum absolute atomic E-state index is 13.2. The van der Waals surface area contributed by atoms with Crippen LogP contribution < -0.4 is 0 Å². The molecule has 1 heterocycles. The Morgan fingerprint density at radius 2 is 1.76 bits per heavy atom. The number of rotatable bonds is 3. The summed E-state index contributed by atoms with van der Waals surface area (Å²) in [5.74, 6) is -3.90. The van der Waals surface area contributed by atoms with Crippen LogP contribution in [-0.4, -0.2) is 19.9 Å². The minimum absolute atomic E-state index is 0.0172. The van der Waals surface area contributed by atoms with Crippen LogP contribution in [0, 0.1) is 5.82 Å². The van der Waals surface area contributed by atoms with Crippen LogP contribution in [0.4, 0.5) is 13.2 Å². The van der Waals surface area contributed by atoms with E-state index in [-0.39, 0.29) is 25.5 Å². The van der Waals surface area contributed by atoms with Gasteiger partial charge in [0.1, 0.15) is 10.4 Å². The zero-order valence-corrected chi connectivity index (χ0v) is 14.3. The molecular formula is C10H3BrCl3F3N2OS. The molecule has 0 N–H and O–H groups in total. The van der Waals surface area contributed by atoms with Crippen LogP contribution in [0.5, 0.6) is 0 Å². The number of hydrogen-bond donors (Lipinski definition) is 0. The summed E-state index contributed by atoms with van der Waals surface area (Å²) < 4.78 is 51.2. The van der Waals surface area contributed by atoms with Crippen molar-refractivity contribution in [3.05, 3.63) is 37.8 Å². The summed E-state index contributed by atoms with van der Waals surface area (Å²) in [6, 6.07) is 1.86. The monoisotopic (exact) mass is 440 g/mol. The molecule has 0 saturated carbocycles. The second-order valence-electron chi connectivity index (χ2n) is 3.59. The average Bonchev–Trinajstić information content (AvgIpc) is 2.65. The summed E-state index contributed by atoms with van der Waals surface area (Å²) in [6.07, 6.45) is 0. The molecule has 0 saturated heterocycles. The van der Waals surface area contributed by atoms with Crippen LogP contribution in [0.25, 0.3) is 5.69 Å². The quantitative estimate of drug-likeness (QED) is 0.624. The van der Waals surface area contributed by atoms with Gasteiger partial charge in [-0.3, -0.25) is 0 Å². The Hall–Kier alpha value is -0.120. The zero-order valence-electron chi connectivity index (χ0n) is 9.59. The molecule has 114 valence electrons. The molecule has 1 aromatic heterocycles. The molecule has 3 nitrogen and oxygen atoms in total. The lowest BCUT2D eigenvalue weighted by Gasteiger charge is -2.13. The van der Waals surface area contributed by atoms with Crippen LogP contribution >= 0.6 is 50.7 Å². The van der Waals surface area contributed by atoms with Crippen molar-refractivity contribution in [2.45, 2.75) is 10.9 Å². The van der Waals surface area contributed by atoms with E-state index in [4.69, 9.17) is 34.8 Å². The zero-order chi connectivity index (χ0) is 15.9. The minimum Gasteiger partial charge on any atom is -0.604 e. The van der Waals surface area contributed by atoms with E-state index in [0.717, 1.165) is 16.7 Å². The lowest BCUT2D eigenvalue weighted by molar-refractivity contribution is 0.233. The normalized spacial score (nSPS) is 13.0. The van der Waals surface area contributed by atoms with Crippen molar-refractivity contribution in [2.24, 2.45) is 0 Å². The van der Waals surface area contributed by atoms with E-state index < -0.39 is 27.9 Å². The molecule has 1 atom stereocenters. The summed E-state index contributed by atoms with van der Waals surface area (Å²) in [4.78, 5) is 3.60. The van der Waals surface area contributed by atoms with Crippen LogP contribution in [0.3, 0.4) is 0 Å². The second-order valence-corrected chi connectivity index (χ2v) is 6.83. The van der Waals surface area contributed by atoms with Crippen molar-refractivity contribution in [1.29, 1.82) is 0 Å². The van der Waals surface area contributed by atoms with E-state index in [0.29, 0.717) is 0 Å². The van der Waals surface area contributed by atoms with Crippen LogP contribution in [0.15, 0.2) is 21.9 Å². The fourth-order valence-electron chi connectivity index (χ4n) is 1.51. The van der Waals surface area contributed by atoms with Gasteiger partial charge in [0.15, 0.2) is 5.15 Å². The molecule has 0 aliphatic heterocycles. The number of aromatic nitrogens is 2. The van der Waals surface area contributed by atoms with Crippen molar-refractivity contribution in [3.63, 3.8) is 0 Å². The predicted octanol–water partition coefficient (Wildman–Crippen LogP) is 5.06. The fourth-order valence-corrected chi connectivity index (χ4v) is 3.61. The van der Waals surface area contributed by atoms with E-state index >= 15 is 0 Å². The molecule has 0 aliphatic carbocycles. The van der Waals surface area contributed by atoms with Crippen molar-refractivity contribution >= 4 is 61.9 Å². The van der Waals surface area contributed by atoms with Crippen molar-refractivity contribution in [1.82, 2.24) is 9.55 Å². The van der Waals surface area contributed by atoms with Crippen LogP contribution in [0.2, 0.25) is 15.2 Å². The molecule has 2 rings (SSSR count). The largest absolute Gasteiger partial charge is 0.604 e. The molecule has 0 fully saturated rings. The highest BCUT2D eigenvalue weighted by Gasteiger charge is 2.33. The molecule has 11 heteroatoms. The lowest BCUT2D eigenvalue weighted by Crippen LogP contribution is -2.17. The highest BCUT2D eigenvalue weighted by molar-refractivity contribution is 9.10. The third kappa shape index (κ3) is 3.30. The topological polar surface area (TPSA) is 40.9 Å². The van der Waals surface area contributed by atoms with Gasteiger partial charge in [-0.1, -0.05) is 34.8 Å². The Morgan fingerprint density at radius 3 is 2.24 bits per heavy atom. The molecule has 1 unspecified atom stereocenters. The minimum atomic E-state index is -3.19. The van der Waals surface area contributed by atoms with Gasteiger partial charge >= 0.3 is 10.9 Å². The number of imidazole rings is 1. The molecule has 1 aromatic carbocycles. The van der Waals surface area contributed by atoms with Gasteiger partial charge in [0, 0.05) is 0 Å². The van der Waals surface area contributed by atoms with Gasteiger partial charge in [-0.25, -0.2) is 8.96 Å². The number of benzene rings is 1. The first-order chi connectivity index (χ1) is 9.73. The van der Waals surface area contributed by atoms with Gasteiger partial charge in [-0.05, 0) is 28.1 Å². The smallest absolute Gasteiger partial charge is 0.405 e. The van der Waals surface area contributed by atoms with E-state index in [1.54, 1.807) is 0 Å². The maximum Gasteiger partial charge on any atom is 0.405 e. The maximum atomic E-state index is 13.2. The van der Waals surface area contributed by atoms with Gasteiger partial charge < -0.3 is 4.55 Å². The predicted molar refractivity (Wildman–Crippen MR) is 78.7 cm³/mol. The molecule has 2 aromatic rings. The molecule has 21 heavy (non-hydrogen) atoms. The van der Waals surface area contributed by atoms with Crippen molar-refractivity contribution in [3.8, 4) is 5.69 Å². The number of halogens is 7. The average molecular weight is 442 g/mol. The van der Waals surface area contributed by atoms with E-state index in [1.165, 1.54) is 0 Å². The molecule has 0 aliphatic rings. The molecule has 0 spiro atoms. The van der Waals surface area contributed by atoms with Gasteiger partial charge in [-0.15, -0.1) is 0 Å². The summed E-state index contributed by atoms with van der Waals surface area (Å²) in [7, 11) is 0. The Labute approximate surface area is 143 Å². The van der Waals surface area contributed by atoms with Crippen molar-refractivity contribution < 1.29 is 17.7 Å². The number of hydrogen-bond acceptors (Lipinski definition) is 2. The van der Waals surface area contributed by atoms with Gasteiger partial charge in [0.2, 0.25) is 0 Å². The lowest BCUT2D eigenvalue weighted by atomic mass is 10.3. The van der Waals surface area contributed by atoms with Crippen molar-refractivity contribution in [2.75, 3.05) is 0 Å². The highest BCUT2D eigenvalue weighted by atomic mass is 79.9. The molecular weight excluding hydrogens is 439 g/mol. The Morgan fingerprint density at radius 1 is 1.24 bits per heavy atom. The Kier molecular flexibility index (Phi) is 5.38. The molecule has 0 amide bonds. The third-order valence-corrected chi connectivity index (χ3v) is 5.05. The van der Waals surface area contributed by atoms with Crippen LogP contribution in [-0.2, 0) is 11.2 Å². The van der Waals surface area contributed by atoms with E-state index in [2.05, 4.69) is 20.9 Å². The summed E-state index contributed by atoms with van der Waals surface area (Å²) in [5.41, 5.74) is -0.0602. The first-order valence-electron chi connectivity index (χ1n) is 5.01. The number of nitrogens with zero attached hydrogens (tertiary/aromatic N) is 2. The van der Waals surface area contributed by atoms with Gasteiger partial charge in [-0.2, -0.15) is 13.8 Å². The summed E-state index contributed by atoms with van der Waals surface area (Å²) in [6.45, 7) is 0. The summed E-state index contributed by atoms with van der Waals surface area (Å²) >= 11 is 17.8. The first-order valence-corrected chi connectivity index (χ1v) is 8.15. The SMILES string of the molecule is [O-][S+](c1nc(Cl)c(Br)n1-c1c(Cl)cc(F)cc1Cl)C(F)F. The first kappa shape index (κ1) is 17.2. The van der Waals surface area contributed by atoms with Crippen LogP contribution in [0.1, 0.15) is 0 Å². The number of alkyl halides is 2. The third-order valence-electron chi connectivity index (χ3n) is 2.30.